The lowest BCUT2D eigenvalue weighted by molar-refractivity contribution is -0.141. The first kappa shape index (κ1) is 23.9. The molecule has 0 aliphatic rings. The Bertz CT molecular complexity index is 1190. The number of nitrogens with zero attached hydrogens (tertiary/aromatic N) is 2. The molecule has 11 heteroatoms. The number of imidazole rings is 1. The van der Waals surface area contributed by atoms with Crippen LogP contribution in [0.25, 0.3) is 11.3 Å². The summed E-state index contributed by atoms with van der Waals surface area (Å²) in [5.74, 6) is -0.316. The minimum absolute atomic E-state index is 0.0809. The van der Waals surface area contributed by atoms with Crippen molar-refractivity contribution in [3.8, 4) is 11.3 Å². The van der Waals surface area contributed by atoms with Gasteiger partial charge in [-0.2, -0.15) is 13.2 Å². The van der Waals surface area contributed by atoms with Crippen LogP contribution >= 0.6 is 11.8 Å². The van der Waals surface area contributed by atoms with E-state index in [1.54, 1.807) is 37.3 Å². The summed E-state index contributed by atoms with van der Waals surface area (Å²) in [5.41, 5.74) is 1.50. The van der Waals surface area contributed by atoms with Crippen LogP contribution in [0.15, 0.2) is 66.0 Å². The highest BCUT2D eigenvalue weighted by molar-refractivity contribution is 8.00. The number of carbonyl (C=O) groups excluding carboxylic acids is 1. The molecule has 0 radical (unpaired) electrons. The molecule has 6 nitrogen and oxygen atoms in total. The van der Waals surface area contributed by atoms with Gasteiger partial charge in [0.25, 0.3) is 0 Å². The van der Waals surface area contributed by atoms with Crippen molar-refractivity contribution in [1.82, 2.24) is 9.55 Å². The van der Waals surface area contributed by atoms with Gasteiger partial charge in [-0.1, -0.05) is 42.1 Å². The van der Waals surface area contributed by atoms with Crippen LogP contribution in [0.4, 0.5) is 18.9 Å². The number of hydrogen-bond donors (Lipinski definition) is 1. The highest BCUT2D eigenvalue weighted by Gasteiger charge is 2.31. The van der Waals surface area contributed by atoms with Crippen molar-refractivity contribution in [3.63, 3.8) is 0 Å². The average molecular weight is 484 g/mol. The molecular formula is C21H20F3N3O3S2. The fourth-order valence-electron chi connectivity index (χ4n) is 2.99. The number of hydrogen-bond acceptors (Lipinski definition) is 5. The fourth-order valence-corrected chi connectivity index (χ4v) is 4.51. The number of anilines is 1. The second-order valence-electron chi connectivity index (χ2n) is 7.07. The van der Waals surface area contributed by atoms with Crippen molar-refractivity contribution < 1.29 is 26.4 Å². The molecule has 1 atom stereocenters. The van der Waals surface area contributed by atoms with Gasteiger partial charge in [-0.3, -0.25) is 9.52 Å². The minimum Gasteiger partial charge on any atom is -0.310 e. The standard InChI is InChI=1S/C21H20F3N3O3S2/c1-14(19(28)16-8-10-17(11-9-16)26-32(2,29)30)31-20-25-12-18(15-6-4-3-5-7-15)27(20)13-21(22,23)24/h3-12,14,26H,13H2,1-2H3. The summed E-state index contributed by atoms with van der Waals surface area (Å²) in [6, 6.07) is 14.4. The Labute approximate surface area is 187 Å². The van der Waals surface area contributed by atoms with Crippen LogP contribution in [0.2, 0.25) is 0 Å². The lowest BCUT2D eigenvalue weighted by Crippen LogP contribution is -2.20. The van der Waals surface area contributed by atoms with E-state index in [-0.39, 0.29) is 10.9 Å². The van der Waals surface area contributed by atoms with Crippen molar-refractivity contribution in [2.24, 2.45) is 0 Å². The highest BCUT2D eigenvalue weighted by Crippen LogP contribution is 2.32. The van der Waals surface area contributed by atoms with Gasteiger partial charge in [-0.15, -0.1) is 0 Å². The molecule has 1 N–H and O–H groups in total. The third kappa shape index (κ3) is 6.36. The van der Waals surface area contributed by atoms with Gasteiger partial charge in [-0.25, -0.2) is 13.4 Å². The van der Waals surface area contributed by atoms with E-state index in [9.17, 15) is 26.4 Å². The summed E-state index contributed by atoms with van der Waals surface area (Å²) in [6.45, 7) is 0.358. The Morgan fingerprint density at radius 1 is 1.12 bits per heavy atom. The van der Waals surface area contributed by atoms with Crippen LogP contribution in [0, 0.1) is 0 Å². The Hall–Kier alpha value is -2.79. The topological polar surface area (TPSA) is 81.1 Å². The predicted octanol–water partition coefficient (Wildman–Crippen LogP) is 4.85. The van der Waals surface area contributed by atoms with Gasteiger partial charge in [0.15, 0.2) is 10.9 Å². The lowest BCUT2D eigenvalue weighted by atomic mass is 10.1. The first-order chi connectivity index (χ1) is 14.9. The van der Waals surface area contributed by atoms with E-state index in [2.05, 4.69) is 9.71 Å². The van der Waals surface area contributed by atoms with Crippen LogP contribution in [-0.4, -0.2) is 41.4 Å². The van der Waals surface area contributed by atoms with Crippen LogP contribution in [0.1, 0.15) is 17.3 Å². The smallest absolute Gasteiger partial charge is 0.310 e. The quantitative estimate of drug-likeness (QED) is 0.366. The molecule has 32 heavy (non-hydrogen) atoms. The summed E-state index contributed by atoms with van der Waals surface area (Å²) in [5, 5.41) is -0.640. The number of halogens is 3. The van der Waals surface area contributed by atoms with E-state index in [4.69, 9.17) is 0 Å². The Morgan fingerprint density at radius 3 is 2.31 bits per heavy atom. The fraction of sp³-hybridized carbons (Fsp3) is 0.238. The Balaban J connectivity index is 1.83. The van der Waals surface area contributed by atoms with E-state index < -0.39 is 28.0 Å². The largest absolute Gasteiger partial charge is 0.406 e. The van der Waals surface area contributed by atoms with Gasteiger partial charge in [0, 0.05) is 11.3 Å². The third-order valence-electron chi connectivity index (χ3n) is 4.35. The van der Waals surface area contributed by atoms with Gasteiger partial charge in [-0.05, 0) is 36.8 Å². The number of sulfonamides is 1. The molecule has 0 fully saturated rings. The molecule has 1 unspecified atom stereocenters. The molecule has 0 saturated carbocycles. The van der Waals surface area contributed by atoms with E-state index in [0.29, 0.717) is 22.5 Å². The van der Waals surface area contributed by atoms with Gasteiger partial charge in [0.2, 0.25) is 10.0 Å². The van der Waals surface area contributed by atoms with Gasteiger partial charge in [0.05, 0.1) is 23.4 Å². The van der Waals surface area contributed by atoms with E-state index in [1.165, 1.54) is 30.5 Å². The molecule has 1 aromatic heterocycles. The zero-order valence-electron chi connectivity index (χ0n) is 17.1. The molecule has 0 amide bonds. The van der Waals surface area contributed by atoms with Crippen molar-refractivity contribution in [2.75, 3.05) is 11.0 Å². The zero-order chi connectivity index (χ0) is 23.5. The van der Waals surface area contributed by atoms with Crippen molar-refractivity contribution >= 4 is 33.3 Å². The number of nitrogens with one attached hydrogen (secondary N) is 1. The van der Waals surface area contributed by atoms with E-state index in [1.807, 2.05) is 0 Å². The number of Topliss-reactive ketones (excluding diaryl/α,β-unsaturated/α-hetero) is 1. The van der Waals surface area contributed by atoms with Crippen molar-refractivity contribution in [1.29, 1.82) is 0 Å². The normalized spacial score (nSPS) is 13.0. The predicted molar refractivity (Wildman–Crippen MR) is 118 cm³/mol. The maximum absolute atomic E-state index is 13.2. The SMILES string of the molecule is CC(Sc1ncc(-c2ccccc2)n1CC(F)(F)F)C(=O)c1ccc(NS(C)(=O)=O)cc1. The summed E-state index contributed by atoms with van der Waals surface area (Å²) in [4.78, 5) is 16.9. The molecule has 3 aromatic rings. The van der Waals surface area contributed by atoms with Crippen molar-refractivity contribution in [3.05, 3.63) is 66.4 Å². The van der Waals surface area contributed by atoms with Crippen LogP contribution in [-0.2, 0) is 16.6 Å². The van der Waals surface area contributed by atoms with Gasteiger partial charge in [0.1, 0.15) is 6.54 Å². The molecular weight excluding hydrogens is 463 g/mol. The average Bonchev–Trinajstić information content (AvgIpc) is 3.08. The molecule has 0 bridgehead atoms. The monoisotopic (exact) mass is 483 g/mol. The number of aromatic nitrogens is 2. The molecule has 0 saturated heterocycles. The van der Waals surface area contributed by atoms with E-state index >= 15 is 0 Å². The molecule has 3 rings (SSSR count). The van der Waals surface area contributed by atoms with E-state index in [0.717, 1.165) is 22.6 Å². The molecule has 0 aliphatic heterocycles. The maximum Gasteiger partial charge on any atom is 0.406 e. The van der Waals surface area contributed by atoms with Crippen LogP contribution < -0.4 is 4.72 Å². The first-order valence-corrected chi connectivity index (χ1v) is 12.2. The van der Waals surface area contributed by atoms with Crippen LogP contribution in [0.3, 0.4) is 0 Å². The minimum atomic E-state index is -4.46. The lowest BCUT2D eigenvalue weighted by Gasteiger charge is -2.16. The van der Waals surface area contributed by atoms with Crippen molar-refractivity contribution in [2.45, 2.75) is 30.1 Å². The molecule has 170 valence electrons. The molecule has 2 aromatic carbocycles. The number of ketones is 1. The Kier molecular flexibility index (Phi) is 6.99. The molecule has 0 spiro atoms. The first-order valence-electron chi connectivity index (χ1n) is 9.39. The number of carbonyl (C=O) groups is 1. The second-order valence-corrected chi connectivity index (χ2v) is 10.1. The third-order valence-corrected chi connectivity index (χ3v) is 6.06. The Morgan fingerprint density at radius 2 is 1.75 bits per heavy atom. The molecule has 0 aliphatic carbocycles. The summed E-state index contributed by atoms with van der Waals surface area (Å²) < 4.78 is 65.7. The highest BCUT2D eigenvalue weighted by atomic mass is 32.2. The van der Waals surface area contributed by atoms with Gasteiger partial charge >= 0.3 is 6.18 Å². The number of thioether (sulfide) groups is 1. The second kappa shape index (κ2) is 9.37. The molecule has 1 heterocycles. The van der Waals surface area contributed by atoms with Gasteiger partial charge < -0.3 is 4.57 Å². The maximum atomic E-state index is 13.2. The number of alkyl halides is 3. The van der Waals surface area contributed by atoms with Crippen LogP contribution in [0.5, 0.6) is 0 Å². The summed E-state index contributed by atoms with van der Waals surface area (Å²) in [6.07, 6.45) is -2.08. The number of rotatable bonds is 8. The zero-order valence-corrected chi connectivity index (χ0v) is 18.8. The summed E-state index contributed by atoms with van der Waals surface area (Å²) >= 11 is 0.934. The summed E-state index contributed by atoms with van der Waals surface area (Å²) in [7, 11) is -3.45. The number of benzene rings is 2.